The van der Waals surface area contributed by atoms with Crippen LogP contribution in [0.25, 0.3) is 0 Å². The number of nitrogens with one attached hydrogen (secondary N) is 1. The number of nitrogens with zero attached hydrogens (tertiary/aromatic N) is 1. The van der Waals surface area contributed by atoms with E-state index < -0.39 is 5.97 Å². The lowest BCUT2D eigenvalue weighted by atomic mass is 10.2. The Labute approximate surface area is 182 Å². The van der Waals surface area contributed by atoms with Crippen LogP contribution in [0.3, 0.4) is 0 Å². The van der Waals surface area contributed by atoms with Crippen molar-refractivity contribution >= 4 is 18.1 Å². The van der Waals surface area contributed by atoms with Gasteiger partial charge in [0.05, 0.1) is 26.0 Å². The highest BCUT2D eigenvalue weighted by Gasteiger charge is 2.10. The minimum Gasteiger partial charge on any atom is -0.494 e. The van der Waals surface area contributed by atoms with Gasteiger partial charge in [0.25, 0.3) is 5.91 Å². The molecule has 0 spiro atoms. The van der Waals surface area contributed by atoms with E-state index in [1.165, 1.54) is 6.21 Å². The summed E-state index contributed by atoms with van der Waals surface area (Å²) in [7, 11) is 0. The molecule has 8 heteroatoms. The van der Waals surface area contributed by atoms with Gasteiger partial charge in [0.15, 0.2) is 18.1 Å². The molecular formula is C23H28N2O6. The minimum atomic E-state index is -0.455. The standard InChI is InChI=1S/C23H28N2O6/c1-4-13-30-19-10-8-18(9-11-19)23(27)25-24-15-17-7-12-20(21(14-17)28-5-2)31-16-22(26)29-6-3/h7-12,14-15H,4-6,13,16H2,1-3H3,(H,25,27)/b24-15-. The summed E-state index contributed by atoms with van der Waals surface area (Å²) in [5.41, 5.74) is 3.65. The van der Waals surface area contributed by atoms with Gasteiger partial charge in [-0.3, -0.25) is 4.79 Å². The van der Waals surface area contributed by atoms with Gasteiger partial charge in [0.1, 0.15) is 5.75 Å². The maximum absolute atomic E-state index is 12.2. The highest BCUT2D eigenvalue weighted by molar-refractivity contribution is 5.95. The molecule has 0 unspecified atom stereocenters. The molecule has 31 heavy (non-hydrogen) atoms. The Kier molecular flexibility index (Phi) is 9.87. The third-order valence-electron chi connectivity index (χ3n) is 3.89. The lowest BCUT2D eigenvalue weighted by Crippen LogP contribution is -2.17. The van der Waals surface area contributed by atoms with Gasteiger partial charge in [0, 0.05) is 5.56 Å². The summed E-state index contributed by atoms with van der Waals surface area (Å²) in [4.78, 5) is 23.7. The fourth-order valence-corrected chi connectivity index (χ4v) is 2.48. The molecule has 0 heterocycles. The van der Waals surface area contributed by atoms with Crippen LogP contribution >= 0.6 is 0 Å². The highest BCUT2D eigenvalue weighted by atomic mass is 16.6. The van der Waals surface area contributed by atoms with Gasteiger partial charge in [-0.1, -0.05) is 6.92 Å². The van der Waals surface area contributed by atoms with Crippen LogP contribution in [0.1, 0.15) is 43.1 Å². The zero-order chi connectivity index (χ0) is 22.5. The van der Waals surface area contributed by atoms with Crippen molar-refractivity contribution in [1.82, 2.24) is 5.43 Å². The van der Waals surface area contributed by atoms with Gasteiger partial charge >= 0.3 is 5.97 Å². The summed E-state index contributed by atoms with van der Waals surface area (Å²) < 4.78 is 21.4. The molecule has 166 valence electrons. The molecule has 2 aromatic carbocycles. The van der Waals surface area contributed by atoms with Crippen molar-refractivity contribution < 1.29 is 28.5 Å². The molecule has 0 saturated carbocycles. The molecule has 0 atom stereocenters. The van der Waals surface area contributed by atoms with E-state index in [0.29, 0.717) is 42.4 Å². The zero-order valence-electron chi connectivity index (χ0n) is 18.1. The summed E-state index contributed by atoms with van der Waals surface area (Å²) in [6, 6.07) is 12.0. The van der Waals surface area contributed by atoms with E-state index in [0.717, 1.165) is 12.2 Å². The molecular weight excluding hydrogens is 400 g/mol. The molecule has 0 aliphatic carbocycles. The van der Waals surface area contributed by atoms with Crippen LogP contribution in [0.4, 0.5) is 0 Å². The lowest BCUT2D eigenvalue weighted by Gasteiger charge is -2.12. The first kappa shape index (κ1) is 23.7. The number of esters is 1. The SMILES string of the molecule is CCCOc1ccc(C(=O)N/N=C\c2ccc(OCC(=O)OCC)c(OCC)c2)cc1. The van der Waals surface area contributed by atoms with Crippen molar-refractivity contribution in [2.24, 2.45) is 5.10 Å². The number of carbonyl (C=O) groups excluding carboxylic acids is 2. The van der Waals surface area contributed by atoms with Gasteiger partial charge < -0.3 is 18.9 Å². The molecule has 0 radical (unpaired) electrons. The van der Waals surface area contributed by atoms with Crippen molar-refractivity contribution in [3.05, 3.63) is 53.6 Å². The monoisotopic (exact) mass is 428 g/mol. The summed E-state index contributed by atoms with van der Waals surface area (Å²) >= 11 is 0. The van der Waals surface area contributed by atoms with Crippen molar-refractivity contribution in [2.45, 2.75) is 27.2 Å². The first-order valence-electron chi connectivity index (χ1n) is 10.2. The molecule has 2 aromatic rings. The number of hydrogen-bond donors (Lipinski definition) is 1. The van der Waals surface area contributed by atoms with Crippen LogP contribution < -0.4 is 19.6 Å². The maximum atomic E-state index is 12.2. The Balaban J connectivity index is 1.97. The molecule has 1 amide bonds. The minimum absolute atomic E-state index is 0.209. The van der Waals surface area contributed by atoms with E-state index in [4.69, 9.17) is 18.9 Å². The average Bonchev–Trinajstić information content (AvgIpc) is 2.78. The fourth-order valence-electron chi connectivity index (χ4n) is 2.48. The first-order valence-corrected chi connectivity index (χ1v) is 10.2. The molecule has 8 nitrogen and oxygen atoms in total. The Morgan fingerprint density at radius 3 is 2.39 bits per heavy atom. The van der Waals surface area contributed by atoms with Gasteiger partial charge in [-0.25, -0.2) is 10.2 Å². The van der Waals surface area contributed by atoms with E-state index in [-0.39, 0.29) is 12.5 Å². The van der Waals surface area contributed by atoms with E-state index in [2.05, 4.69) is 10.5 Å². The Bertz CT molecular complexity index is 880. The zero-order valence-corrected chi connectivity index (χ0v) is 18.1. The van der Waals surface area contributed by atoms with Crippen LogP contribution in [0, 0.1) is 0 Å². The summed E-state index contributed by atoms with van der Waals surface area (Å²) in [6.45, 7) is 6.73. The third-order valence-corrected chi connectivity index (χ3v) is 3.89. The molecule has 2 rings (SSSR count). The fraction of sp³-hybridized carbons (Fsp3) is 0.348. The maximum Gasteiger partial charge on any atom is 0.344 e. The van der Waals surface area contributed by atoms with Crippen LogP contribution in [0.5, 0.6) is 17.2 Å². The van der Waals surface area contributed by atoms with Crippen molar-refractivity contribution in [3.8, 4) is 17.2 Å². The summed E-state index contributed by atoms with van der Waals surface area (Å²) in [6.07, 6.45) is 2.41. The van der Waals surface area contributed by atoms with Gasteiger partial charge in [0.2, 0.25) is 0 Å². The second-order valence-electron chi connectivity index (χ2n) is 6.30. The second kappa shape index (κ2) is 12.9. The third kappa shape index (κ3) is 8.00. The predicted octanol–water partition coefficient (Wildman–Crippen LogP) is 3.58. The van der Waals surface area contributed by atoms with Gasteiger partial charge in [-0.15, -0.1) is 0 Å². The van der Waals surface area contributed by atoms with Crippen LogP contribution in [0.2, 0.25) is 0 Å². The molecule has 0 fully saturated rings. The Hall–Kier alpha value is -3.55. The number of hydrazone groups is 1. The smallest absolute Gasteiger partial charge is 0.344 e. The number of carbonyl (C=O) groups is 2. The van der Waals surface area contributed by atoms with Crippen LogP contribution in [0.15, 0.2) is 47.6 Å². The van der Waals surface area contributed by atoms with E-state index >= 15 is 0 Å². The molecule has 0 aliphatic heterocycles. The Morgan fingerprint density at radius 1 is 0.935 bits per heavy atom. The molecule has 0 bridgehead atoms. The normalized spacial score (nSPS) is 10.5. The number of rotatable bonds is 12. The number of amides is 1. The van der Waals surface area contributed by atoms with E-state index in [1.54, 1.807) is 49.4 Å². The number of ether oxygens (including phenoxy) is 4. The van der Waals surface area contributed by atoms with E-state index in [1.807, 2.05) is 13.8 Å². The topological polar surface area (TPSA) is 95.5 Å². The summed E-state index contributed by atoms with van der Waals surface area (Å²) in [5, 5.41) is 3.99. The lowest BCUT2D eigenvalue weighted by molar-refractivity contribution is -0.145. The van der Waals surface area contributed by atoms with Crippen molar-refractivity contribution in [2.75, 3.05) is 26.4 Å². The molecule has 0 aliphatic rings. The van der Waals surface area contributed by atoms with Gasteiger partial charge in [-0.05, 0) is 68.3 Å². The molecule has 0 saturated heterocycles. The average molecular weight is 428 g/mol. The second-order valence-corrected chi connectivity index (χ2v) is 6.30. The van der Waals surface area contributed by atoms with E-state index in [9.17, 15) is 9.59 Å². The molecule has 0 aromatic heterocycles. The van der Waals surface area contributed by atoms with Crippen LogP contribution in [-0.2, 0) is 9.53 Å². The Morgan fingerprint density at radius 2 is 1.71 bits per heavy atom. The van der Waals surface area contributed by atoms with Gasteiger partial charge in [-0.2, -0.15) is 5.10 Å². The summed E-state index contributed by atoms with van der Waals surface area (Å²) in [5.74, 6) is 0.808. The molecule has 1 N–H and O–H groups in total. The van der Waals surface area contributed by atoms with Crippen molar-refractivity contribution in [1.29, 1.82) is 0 Å². The predicted molar refractivity (Wildman–Crippen MR) is 117 cm³/mol. The quantitative estimate of drug-likeness (QED) is 0.315. The highest BCUT2D eigenvalue weighted by Crippen LogP contribution is 2.28. The van der Waals surface area contributed by atoms with Crippen LogP contribution in [-0.4, -0.2) is 44.5 Å². The number of hydrogen-bond acceptors (Lipinski definition) is 7. The number of benzene rings is 2. The largest absolute Gasteiger partial charge is 0.494 e. The first-order chi connectivity index (χ1) is 15.1. The van der Waals surface area contributed by atoms with Crippen molar-refractivity contribution in [3.63, 3.8) is 0 Å².